The van der Waals surface area contributed by atoms with Crippen LogP contribution in [0.15, 0.2) is 48.6 Å². The highest BCUT2D eigenvalue weighted by Crippen LogP contribution is 2.42. The van der Waals surface area contributed by atoms with E-state index < -0.39 is 11.3 Å². The molecular formula is C17H17F3O2S. The Bertz CT molecular complexity index is 608. The summed E-state index contributed by atoms with van der Waals surface area (Å²) in [6.45, 7) is 1.42. The fraction of sp³-hybridized carbons (Fsp3) is 0.353. The normalized spacial score (nSPS) is 21.1. The molecule has 1 aliphatic rings. The van der Waals surface area contributed by atoms with Crippen LogP contribution in [0.1, 0.15) is 25.3 Å². The minimum absolute atomic E-state index is 0.0556. The smallest absolute Gasteiger partial charge is 0.300 e. The van der Waals surface area contributed by atoms with Gasteiger partial charge in [-0.15, -0.1) is 24.9 Å². The molecule has 0 heterocycles. The van der Waals surface area contributed by atoms with Crippen LogP contribution >= 0.6 is 11.8 Å². The molecule has 1 atom stereocenters. The fourth-order valence-corrected chi connectivity index (χ4v) is 3.48. The lowest BCUT2D eigenvalue weighted by Crippen LogP contribution is -2.34. The van der Waals surface area contributed by atoms with E-state index in [1.165, 1.54) is 13.0 Å². The lowest BCUT2D eigenvalue weighted by molar-refractivity contribution is -0.342. The average Bonchev–Trinajstić information content (AvgIpc) is 2.47. The lowest BCUT2D eigenvalue weighted by atomic mass is 9.98. The SMILES string of the molecule is CC(=O)CCSC1(OC(F)(F)F)C=CC(c2ccccc2)=CC1. The number of alkyl halides is 3. The van der Waals surface area contributed by atoms with Gasteiger partial charge in [0.1, 0.15) is 10.7 Å². The first-order valence-corrected chi connectivity index (χ1v) is 8.13. The third kappa shape index (κ3) is 5.55. The van der Waals surface area contributed by atoms with E-state index in [0.29, 0.717) is 0 Å². The van der Waals surface area contributed by atoms with Crippen LogP contribution < -0.4 is 0 Å². The molecule has 1 unspecified atom stereocenters. The van der Waals surface area contributed by atoms with Gasteiger partial charge in [0.05, 0.1) is 0 Å². The molecule has 6 heteroatoms. The average molecular weight is 342 g/mol. The molecule has 1 aliphatic carbocycles. The van der Waals surface area contributed by atoms with Crippen LogP contribution in [-0.4, -0.2) is 22.8 Å². The molecule has 0 spiro atoms. The number of ether oxygens (including phenoxy) is 1. The number of Topliss-reactive ketones (excluding diaryl/α,β-unsaturated/α-hetero) is 1. The molecule has 0 N–H and O–H groups in total. The van der Waals surface area contributed by atoms with Crippen LogP contribution in [0.5, 0.6) is 0 Å². The Balaban J connectivity index is 2.13. The molecule has 1 aromatic carbocycles. The lowest BCUT2D eigenvalue weighted by Gasteiger charge is -2.32. The van der Waals surface area contributed by atoms with E-state index in [1.807, 2.05) is 30.3 Å². The monoisotopic (exact) mass is 342 g/mol. The molecule has 1 aromatic rings. The van der Waals surface area contributed by atoms with E-state index in [0.717, 1.165) is 22.9 Å². The third-order valence-electron chi connectivity index (χ3n) is 3.32. The number of carbonyl (C=O) groups excluding carboxylic acids is 1. The molecule has 0 fully saturated rings. The summed E-state index contributed by atoms with van der Waals surface area (Å²) in [4.78, 5) is 9.50. The molecule has 23 heavy (non-hydrogen) atoms. The molecule has 0 saturated carbocycles. The Morgan fingerprint density at radius 2 is 2.00 bits per heavy atom. The second-order valence-corrected chi connectivity index (χ2v) is 6.61. The minimum Gasteiger partial charge on any atom is -0.300 e. The largest absolute Gasteiger partial charge is 0.524 e. The predicted molar refractivity (Wildman–Crippen MR) is 85.8 cm³/mol. The van der Waals surface area contributed by atoms with Crippen molar-refractivity contribution in [3.8, 4) is 0 Å². The Morgan fingerprint density at radius 1 is 1.30 bits per heavy atom. The quantitative estimate of drug-likeness (QED) is 0.683. The molecule has 0 radical (unpaired) electrons. The summed E-state index contributed by atoms with van der Waals surface area (Å²) < 4.78 is 42.6. The van der Waals surface area contributed by atoms with Crippen molar-refractivity contribution in [1.82, 2.24) is 0 Å². The number of allylic oxidation sites excluding steroid dienone is 2. The molecule has 0 bridgehead atoms. The molecular weight excluding hydrogens is 325 g/mol. The zero-order valence-corrected chi connectivity index (χ0v) is 13.4. The first-order chi connectivity index (χ1) is 10.8. The van der Waals surface area contributed by atoms with Crippen molar-refractivity contribution in [3.63, 3.8) is 0 Å². The summed E-state index contributed by atoms with van der Waals surface area (Å²) in [5.74, 6) is 0.226. The summed E-state index contributed by atoms with van der Waals surface area (Å²) in [5, 5.41) is 0. The number of halogens is 3. The fourth-order valence-electron chi connectivity index (χ4n) is 2.23. The molecule has 0 aromatic heterocycles. The van der Waals surface area contributed by atoms with Gasteiger partial charge in [0, 0.05) is 18.6 Å². The van der Waals surface area contributed by atoms with Gasteiger partial charge in [-0.25, -0.2) is 0 Å². The topological polar surface area (TPSA) is 26.3 Å². The standard InChI is InChI=1S/C17H17F3O2S/c1-13(21)9-12-23-16(22-17(18,19)20)10-7-15(8-11-16)14-5-3-2-4-6-14/h2-8,10H,9,11-12H2,1H3. The second kappa shape index (κ2) is 7.36. The van der Waals surface area contributed by atoms with E-state index in [4.69, 9.17) is 0 Å². The van der Waals surface area contributed by atoms with Crippen molar-refractivity contribution in [1.29, 1.82) is 0 Å². The van der Waals surface area contributed by atoms with Gasteiger partial charge in [0.25, 0.3) is 0 Å². The van der Waals surface area contributed by atoms with Crippen molar-refractivity contribution in [2.75, 3.05) is 5.75 Å². The van der Waals surface area contributed by atoms with Crippen LogP contribution in [0.4, 0.5) is 13.2 Å². The van der Waals surface area contributed by atoms with Crippen molar-refractivity contribution in [2.24, 2.45) is 0 Å². The highest BCUT2D eigenvalue weighted by molar-refractivity contribution is 8.00. The van der Waals surface area contributed by atoms with Crippen LogP contribution in [0.25, 0.3) is 5.57 Å². The van der Waals surface area contributed by atoms with Crippen molar-refractivity contribution in [3.05, 3.63) is 54.1 Å². The van der Waals surface area contributed by atoms with Crippen molar-refractivity contribution in [2.45, 2.75) is 31.1 Å². The van der Waals surface area contributed by atoms with Crippen LogP contribution in [0.3, 0.4) is 0 Å². The van der Waals surface area contributed by atoms with Gasteiger partial charge in [-0.1, -0.05) is 42.5 Å². The number of thioether (sulfide) groups is 1. The number of carbonyl (C=O) groups is 1. The van der Waals surface area contributed by atoms with Gasteiger partial charge >= 0.3 is 6.36 Å². The van der Waals surface area contributed by atoms with Gasteiger partial charge in [-0.05, 0) is 24.1 Å². The number of rotatable bonds is 6. The molecule has 2 rings (SSSR count). The Morgan fingerprint density at radius 3 is 2.52 bits per heavy atom. The maximum atomic E-state index is 12.7. The highest BCUT2D eigenvalue weighted by Gasteiger charge is 2.43. The van der Waals surface area contributed by atoms with E-state index in [1.54, 1.807) is 12.2 Å². The summed E-state index contributed by atoms with van der Waals surface area (Å²) >= 11 is 1.00. The molecule has 124 valence electrons. The van der Waals surface area contributed by atoms with E-state index in [-0.39, 0.29) is 24.4 Å². The third-order valence-corrected chi connectivity index (χ3v) is 4.60. The minimum atomic E-state index is -4.73. The van der Waals surface area contributed by atoms with Crippen LogP contribution in [0, 0.1) is 0 Å². The summed E-state index contributed by atoms with van der Waals surface area (Å²) in [5.41, 5.74) is 1.80. The second-order valence-electron chi connectivity index (χ2n) is 5.22. The predicted octanol–water partition coefficient (Wildman–Crippen LogP) is 4.97. The Labute approximate surface area is 137 Å². The van der Waals surface area contributed by atoms with Gasteiger partial charge in [0.15, 0.2) is 0 Å². The number of benzene rings is 1. The molecule has 2 nitrogen and oxygen atoms in total. The Kier molecular flexibility index (Phi) is 5.70. The van der Waals surface area contributed by atoms with Crippen molar-refractivity contribution < 1.29 is 22.7 Å². The first-order valence-electron chi connectivity index (χ1n) is 7.15. The molecule has 0 amide bonds. The number of hydrogen-bond acceptors (Lipinski definition) is 3. The van der Waals surface area contributed by atoms with Gasteiger partial charge in [-0.2, -0.15) is 0 Å². The summed E-state index contributed by atoms with van der Waals surface area (Å²) in [7, 11) is 0. The van der Waals surface area contributed by atoms with Gasteiger partial charge in [-0.3, -0.25) is 9.53 Å². The van der Waals surface area contributed by atoms with Crippen LogP contribution in [-0.2, 0) is 9.53 Å². The highest BCUT2D eigenvalue weighted by atomic mass is 32.2. The van der Waals surface area contributed by atoms with Gasteiger partial charge < -0.3 is 0 Å². The maximum Gasteiger partial charge on any atom is 0.524 e. The first kappa shape index (κ1) is 17.8. The zero-order valence-electron chi connectivity index (χ0n) is 12.6. The number of hydrogen-bond donors (Lipinski definition) is 0. The summed E-state index contributed by atoms with van der Waals surface area (Å²) in [6.07, 6.45) is 0.402. The van der Waals surface area contributed by atoms with E-state index in [9.17, 15) is 18.0 Å². The maximum absolute atomic E-state index is 12.7. The zero-order chi connectivity index (χ0) is 16.9. The van der Waals surface area contributed by atoms with Crippen molar-refractivity contribution >= 4 is 23.1 Å². The van der Waals surface area contributed by atoms with Crippen LogP contribution in [0.2, 0.25) is 0 Å². The Hall–Kier alpha value is -1.53. The van der Waals surface area contributed by atoms with Gasteiger partial charge in [0.2, 0.25) is 0 Å². The number of ketones is 1. The molecule has 0 aliphatic heterocycles. The summed E-state index contributed by atoms with van der Waals surface area (Å²) in [6, 6.07) is 9.43. The van der Waals surface area contributed by atoms with E-state index >= 15 is 0 Å². The van der Waals surface area contributed by atoms with E-state index in [2.05, 4.69) is 4.74 Å². The molecule has 0 saturated heterocycles.